The summed E-state index contributed by atoms with van der Waals surface area (Å²) in [4.78, 5) is 12.0. The van der Waals surface area contributed by atoms with Gasteiger partial charge >= 0.3 is 0 Å². The minimum Gasteiger partial charge on any atom is -0.495 e. The lowest BCUT2D eigenvalue weighted by atomic mass is 10.1. The SMILES string of the molecule is COc1cccc(C(=O)NCc2ccoc2)c1N. The standard InChI is InChI=1S/C13H14N2O3/c1-17-11-4-2-3-10(12(11)14)13(16)15-7-9-5-6-18-8-9/h2-6,8H,7,14H2,1H3,(H,15,16). The van der Waals surface area contributed by atoms with Gasteiger partial charge in [0, 0.05) is 12.1 Å². The van der Waals surface area contributed by atoms with Crippen LogP contribution in [0.3, 0.4) is 0 Å². The molecular formula is C13H14N2O3. The normalized spacial score (nSPS) is 10.1. The van der Waals surface area contributed by atoms with Gasteiger partial charge in [-0.25, -0.2) is 0 Å². The number of hydrogen-bond acceptors (Lipinski definition) is 4. The fourth-order valence-electron chi connectivity index (χ4n) is 1.59. The maximum Gasteiger partial charge on any atom is 0.253 e. The van der Waals surface area contributed by atoms with Crippen molar-refractivity contribution in [2.45, 2.75) is 6.54 Å². The quantitative estimate of drug-likeness (QED) is 0.806. The highest BCUT2D eigenvalue weighted by molar-refractivity contribution is 6.00. The summed E-state index contributed by atoms with van der Waals surface area (Å²) in [6.45, 7) is 0.395. The summed E-state index contributed by atoms with van der Waals surface area (Å²) in [6.07, 6.45) is 3.14. The molecule has 1 aromatic carbocycles. The smallest absolute Gasteiger partial charge is 0.253 e. The van der Waals surface area contributed by atoms with Gasteiger partial charge < -0.3 is 20.2 Å². The molecule has 0 aliphatic heterocycles. The molecule has 2 rings (SSSR count). The van der Waals surface area contributed by atoms with E-state index in [9.17, 15) is 4.79 Å². The zero-order chi connectivity index (χ0) is 13.0. The summed E-state index contributed by atoms with van der Waals surface area (Å²) in [5.41, 5.74) is 7.47. The van der Waals surface area contributed by atoms with E-state index < -0.39 is 0 Å². The number of nitrogens with two attached hydrogens (primary N) is 1. The van der Waals surface area contributed by atoms with Gasteiger partial charge in [-0.05, 0) is 18.2 Å². The monoisotopic (exact) mass is 246 g/mol. The van der Waals surface area contributed by atoms with Crippen LogP contribution in [-0.2, 0) is 6.54 Å². The first-order valence-electron chi connectivity index (χ1n) is 5.44. The summed E-state index contributed by atoms with van der Waals surface area (Å²) < 4.78 is 9.98. The van der Waals surface area contributed by atoms with Crippen LogP contribution in [0, 0.1) is 0 Å². The van der Waals surface area contributed by atoms with E-state index in [0.717, 1.165) is 5.56 Å². The topological polar surface area (TPSA) is 77.5 Å². The van der Waals surface area contributed by atoms with Crippen molar-refractivity contribution in [2.75, 3.05) is 12.8 Å². The molecule has 18 heavy (non-hydrogen) atoms. The predicted molar refractivity (Wildman–Crippen MR) is 67.3 cm³/mol. The molecule has 0 spiro atoms. The lowest BCUT2D eigenvalue weighted by molar-refractivity contribution is 0.0951. The summed E-state index contributed by atoms with van der Waals surface area (Å²) in [5.74, 6) is 0.249. The Hall–Kier alpha value is -2.43. The van der Waals surface area contributed by atoms with Gasteiger partial charge in [0.1, 0.15) is 5.75 Å². The molecule has 0 saturated heterocycles. The van der Waals surface area contributed by atoms with Crippen LogP contribution >= 0.6 is 0 Å². The minimum absolute atomic E-state index is 0.243. The van der Waals surface area contributed by atoms with Crippen molar-refractivity contribution in [2.24, 2.45) is 0 Å². The first kappa shape index (κ1) is 12.0. The molecule has 0 fully saturated rings. The van der Waals surface area contributed by atoms with Gasteiger partial charge in [-0.3, -0.25) is 4.79 Å². The average Bonchev–Trinajstić information content (AvgIpc) is 2.89. The molecule has 0 radical (unpaired) electrons. The number of nitrogens with one attached hydrogen (secondary N) is 1. The van der Waals surface area contributed by atoms with Crippen molar-refractivity contribution in [1.29, 1.82) is 0 Å². The van der Waals surface area contributed by atoms with Gasteiger partial charge in [0.15, 0.2) is 0 Å². The molecular weight excluding hydrogens is 232 g/mol. The Bertz CT molecular complexity index is 535. The third-order valence-electron chi connectivity index (χ3n) is 2.56. The van der Waals surface area contributed by atoms with Gasteiger partial charge in [0.25, 0.3) is 5.91 Å². The summed E-state index contributed by atoms with van der Waals surface area (Å²) in [7, 11) is 1.51. The van der Waals surface area contributed by atoms with Crippen LogP contribution in [0.15, 0.2) is 41.2 Å². The summed E-state index contributed by atoms with van der Waals surface area (Å²) in [6, 6.07) is 6.88. The van der Waals surface area contributed by atoms with E-state index in [0.29, 0.717) is 23.5 Å². The number of ether oxygens (including phenoxy) is 1. The maximum absolute atomic E-state index is 12.0. The Morgan fingerprint density at radius 1 is 1.44 bits per heavy atom. The number of rotatable bonds is 4. The maximum atomic E-state index is 12.0. The Kier molecular flexibility index (Phi) is 3.52. The van der Waals surface area contributed by atoms with Crippen LogP contribution in [0.1, 0.15) is 15.9 Å². The Morgan fingerprint density at radius 2 is 2.28 bits per heavy atom. The number of carbonyl (C=O) groups excluding carboxylic acids is 1. The number of nitrogen functional groups attached to an aromatic ring is 1. The Morgan fingerprint density at radius 3 is 2.94 bits per heavy atom. The molecule has 0 saturated carbocycles. The Labute approximate surface area is 105 Å². The molecule has 3 N–H and O–H groups in total. The largest absolute Gasteiger partial charge is 0.495 e. The number of hydrogen-bond donors (Lipinski definition) is 2. The van der Waals surface area contributed by atoms with Crippen LogP contribution in [0.4, 0.5) is 5.69 Å². The molecule has 1 amide bonds. The van der Waals surface area contributed by atoms with Crippen LogP contribution in [0.2, 0.25) is 0 Å². The third kappa shape index (κ3) is 2.45. The predicted octanol–water partition coefficient (Wildman–Crippen LogP) is 1.80. The zero-order valence-corrected chi connectivity index (χ0v) is 9.97. The van der Waals surface area contributed by atoms with Gasteiger partial charge in [-0.15, -0.1) is 0 Å². The summed E-state index contributed by atoms with van der Waals surface area (Å²) >= 11 is 0. The highest BCUT2D eigenvalue weighted by Gasteiger charge is 2.12. The fourth-order valence-corrected chi connectivity index (χ4v) is 1.59. The van der Waals surface area contributed by atoms with Crippen molar-refractivity contribution in [3.63, 3.8) is 0 Å². The second-order valence-corrected chi connectivity index (χ2v) is 3.74. The molecule has 0 aliphatic rings. The number of methoxy groups -OCH3 is 1. The number of anilines is 1. The van der Waals surface area contributed by atoms with E-state index in [4.69, 9.17) is 14.9 Å². The number of furan rings is 1. The number of para-hydroxylation sites is 1. The van der Waals surface area contributed by atoms with Crippen molar-refractivity contribution >= 4 is 11.6 Å². The van der Waals surface area contributed by atoms with E-state index in [1.165, 1.54) is 7.11 Å². The zero-order valence-electron chi connectivity index (χ0n) is 9.97. The second-order valence-electron chi connectivity index (χ2n) is 3.74. The number of benzene rings is 1. The first-order chi connectivity index (χ1) is 8.72. The molecule has 2 aromatic rings. The van der Waals surface area contributed by atoms with Crippen molar-refractivity contribution in [3.8, 4) is 5.75 Å². The second kappa shape index (κ2) is 5.27. The Balaban J connectivity index is 2.09. The van der Waals surface area contributed by atoms with Gasteiger partial charge in [0.2, 0.25) is 0 Å². The molecule has 0 atom stereocenters. The molecule has 0 bridgehead atoms. The van der Waals surface area contributed by atoms with Crippen LogP contribution in [0.25, 0.3) is 0 Å². The van der Waals surface area contributed by atoms with E-state index in [2.05, 4.69) is 5.32 Å². The average molecular weight is 246 g/mol. The lowest BCUT2D eigenvalue weighted by Gasteiger charge is -2.09. The molecule has 1 aromatic heterocycles. The van der Waals surface area contributed by atoms with Crippen LogP contribution in [-0.4, -0.2) is 13.0 Å². The molecule has 5 nitrogen and oxygen atoms in total. The highest BCUT2D eigenvalue weighted by atomic mass is 16.5. The molecule has 5 heteroatoms. The van der Waals surface area contributed by atoms with Crippen LogP contribution < -0.4 is 15.8 Å². The summed E-state index contributed by atoms with van der Waals surface area (Å²) in [5, 5.41) is 2.76. The number of carbonyl (C=O) groups is 1. The lowest BCUT2D eigenvalue weighted by Crippen LogP contribution is -2.23. The first-order valence-corrected chi connectivity index (χ1v) is 5.44. The molecule has 0 aliphatic carbocycles. The molecule has 94 valence electrons. The molecule has 1 heterocycles. The van der Waals surface area contributed by atoms with E-state index in [-0.39, 0.29) is 5.91 Å². The minimum atomic E-state index is -0.243. The third-order valence-corrected chi connectivity index (χ3v) is 2.56. The molecule has 0 unspecified atom stereocenters. The highest BCUT2D eigenvalue weighted by Crippen LogP contribution is 2.24. The number of amides is 1. The van der Waals surface area contributed by atoms with E-state index >= 15 is 0 Å². The van der Waals surface area contributed by atoms with Gasteiger partial charge in [-0.1, -0.05) is 6.07 Å². The van der Waals surface area contributed by atoms with Gasteiger partial charge in [0.05, 0.1) is 30.9 Å². The van der Waals surface area contributed by atoms with E-state index in [1.54, 1.807) is 36.8 Å². The van der Waals surface area contributed by atoms with Crippen molar-refractivity contribution in [3.05, 3.63) is 47.9 Å². The van der Waals surface area contributed by atoms with Crippen molar-refractivity contribution in [1.82, 2.24) is 5.32 Å². The van der Waals surface area contributed by atoms with E-state index in [1.807, 2.05) is 0 Å². The van der Waals surface area contributed by atoms with Crippen LogP contribution in [0.5, 0.6) is 5.75 Å². The van der Waals surface area contributed by atoms with Gasteiger partial charge in [-0.2, -0.15) is 0 Å². The fraction of sp³-hybridized carbons (Fsp3) is 0.154. The van der Waals surface area contributed by atoms with Crippen molar-refractivity contribution < 1.29 is 13.9 Å².